The summed E-state index contributed by atoms with van der Waals surface area (Å²) in [4.78, 5) is 0.304. The molecule has 142 valence electrons. The number of hydrogen-bond donors (Lipinski definition) is 1. The second kappa shape index (κ2) is 8.26. The summed E-state index contributed by atoms with van der Waals surface area (Å²) in [7, 11) is -3.62. The van der Waals surface area contributed by atoms with Gasteiger partial charge in [-0.25, -0.2) is 8.42 Å². The lowest BCUT2D eigenvalue weighted by molar-refractivity contribution is 0.601. The molecule has 0 aromatic heterocycles. The van der Waals surface area contributed by atoms with Crippen LogP contribution in [0.2, 0.25) is 0 Å². The van der Waals surface area contributed by atoms with Crippen LogP contribution in [-0.4, -0.2) is 8.42 Å². The van der Waals surface area contributed by atoms with Crippen molar-refractivity contribution in [3.63, 3.8) is 0 Å². The molecule has 0 amide bonds. The van der Waals surface area contributed by atoms with Crippen molar-refractivity contribution in [2.24, 2.45) is 0 Å². The van der Waals surface area contributed by atoms with Gasteiger partial charge in [0, 0.05) is 0 Å². The Balaban J connectivity index is 2.43. The van der Waals surface area contributed by atoms with E-state index in [1.54, 1.807) is 12.1 Å². The quantitative estimate of drug-likeness (QED) is 0.623. The van der Waals surface area contributed by atoms with Gasteiger partial charge in [0.1, 0.15) is 0 Å². The standard InChI is InChI=1S/C22H31NO2S/c1-7-17(6)18-11-13-19(14-12-18)26(24,25)23-22-20(15(2)3)9-8-10-21(22)16(4)5/h8-17,23H,7H2,1-6H3. The predicted octanol–water partition coefficient (Wildman–Crippen LogP) is 6.25. The van der Waals surface area contributed by atoms with Gasteiger partial charge in [-0.1, -0.05) is 71.9 Å². The summed E-state index contributed by atoms with van der Waals surface area (Å²) in [6.07, 6.45) is 1.03. The normalized spacial score (nSPS) is 13.2. The van der Waals surface area contributed by atoms with E-state index in [4.69, 9.17) is 0 Å². The molecule has 3 nitrogen and oxygen atoms in total. The van der Waals surface area contributed by atoms with Crippen LogP contribution >= 0.6 is 0 Å². The molecule has 1 N–H and O–H groups in total. The van der Waals surface area contributed by atoms with Gasteiger partial charge in [-0.2, -0.15) is 0 Å². The highest BCUT2D eigenvalue weighted by molar-refractivity contribution is 7.92. The van der Waals surface area contributed by atoms with Gasteiger partial charge in [0.25, 0.3) is 10.0 Å². The molecule has 0 fully saturated rings. The first-order valence-electron chi connectivity index (χ1n) is 9.43. The SMILES string of the molecule is CCC(C)c1ccc(S(=O)(=O)Nc2c(C(C)C)cccc2C(C)C)cc1. The van der Waals surface area contributed by atoms with Gasteiger partial charge < -0.3 is 0 Å². The highest BCUT2D eigenvalue weighted by Gasteiger charge is 2.21. The first-order valence-corrected chi connectivity index (χ1v) is 10.9. The summed E-state index contributed by atoms with van der Waals surface area (Å²) in [5.41, 5.74) is 3.94. The molecule has 2 rings (SSSR count). The molecular formula is C22H31NO2S. The summed E-state index contributed by atoms with van der Waals surface area (Å²) in [5.74, 6) is 0.896. The third-order valence-electron chi connectivity index (χ3n) is 4.98. The highest BCUT2D eigenvalue weighted by atomic mass is 32.2. The zero-order chi connectivity index (χ0) is 19.5. The molecule has 0 bridgehead atoms. The maximum Gasteiger partial charge on any atom is 0.261 e. The molecule has 0 aliphatic rings. The Bertz CT molecular complexity index is 811. The summed E-state index contributed by atoms with van der Waals surface area (Å²) in [6, 6.07) is 13.2. The van der Waals surface area contributed by atoms with Crippen molar-refractivity contribution in [3.8, 4) is 0 Å². The summed E-state index contributed by atoms with van der Waals surface area (Å²) in [6.45, 7) is 12.6. The number of para-hydroxylation sites is 1. The van der Waals surface area contributed by atoms with Crippen LogP contribution in [0.3, 0.4) is 0 Å². The second-order valence-corrected chi connectivity index (χ2v) is 9.29. The maximum absolute atomic E-state index is 13.0. The van der Waals surface area contributed by atoms with Gasteiger partial charge in [0.05, 0.1) is 10.6 Å². The van der Waals surface area contributed by atoms with E-state index in [1.165, 1.54) is 0 Å². The van der Waals surface area contributed by atoms with Crippen molar-refractivity contribution < 1.29 is 8.42 Å². The monoisotopic (exact) mass is 373 g/mol. The predicted molar refractivity (Wildman–Crippen MR) is 111 cm³/mol. The smallest absolute Gasteiger partial charge is 0.261 e. The lowest BCUT2D eigenvalue weighted by Crippen LogP contribution is -2.16. The first kappa shape index (κ1) is 20.5. The minimum Gasteiger partial charge on any atom is -0.279 e. The van der Waals surface area contributed by atoms with Crippen LogP contribution in [-0.2, 0) is 10.0 Å². The molecule has 2 aromatic rings. The molecule has 0 saturated heterocycles. The van der Waals surface area contributed by atoms with Crippen molar-refractivity contribution in [1.82, 2.24) is 0 Å². The van der Waals surface area contributed by atoms with Gasteiger partial charge in [0.2, 0.25) is 0 Å². The van der Waals surface area contributed by atoms with E-state index in [9.17, 15) is 8.42 Å². The van der Waals surface area contributed by atoms with Gasteiger partial charge in [-0.3, -0.25) is 4.72 Å². The van der Waals surface area contributed by atoms with Crippen LogP contribution in [0.1, 0.15) is 82.4 Å². The van der Waals surface area contributed by atoms with E-state index in [0.29, 0.717) is 10.8 Å². The molecule has 4 heteroatoms. The fraction of sp³-hybridized carbons (Fsp3) is 0.455. The summed E-state index contributed by atoms with van der Waals surface area (Å²) in [5, 5.41) is 0. The van der Waals surface area contributed by atoms with Gasteiger partial charge in [-0.05, 0) is 53.0 Å². The topological polar surface area (TPSA) is 46.2 Å². The number of benzene rings is 2. The Hall–Kier alpha value is -1.81. The van der Waals surface area contributed by atoms with E-state index in [1.807, 2.05) is 30.3 Å². The Labute approximate surface area is 158 Å². The Kier molecular flexibility index (Phi) is 6.51. The summed E-state index contributed by atoms with van der Waals surface area (Å²) >= 11 is 0. The average Bonchev–Trinajstić information content (AvgIpc) is 2.60. The summed E-state index contributed by atoms with van der Waals surface area (Å²) < 4.78 is 28.9. The zero-order valence-corrected chi connectivity index (χ0v) is 17.5. The number of anilines is 1. The third-order valence-corrected chi connectivity index (χ3v) is 6.35. The number of sulfonamides is 1. The minimum absolute atomic E-state index is 0.235. The molecule has 0 aliphatic heterocycles. The number of hydrogen-bond acceptors (Lipinski definition) is 2. The Morgan fingerprint density at radius 1 is 0.846 bits per heavy atom. The molecule has 2 aromatic carbocycles. The highest BCUT2D eigenvalue weighted by Crippen LogP contribution is 2.34. The van der Waals surface area contributed by atoms with Gasteiger partial charge >= 0.3 is 0 Å². The molecule has 0 saturated carbocycles. The van der Waals surface area contributed by atoms with Crippen LogP contribution in [0, 0.1) is 0 Å². The largest absolute Gasteiger partial charge is 0.279 e. The molecule has 26 heavy (non-hydrogen) atoms. The maximum atomic E-state index is 13.0. The van der Waals surface area contributed by atoms with Crippen molar-refractivity contribution in [3.05, 3.63) is 59.2 Å². The lowest BCUT2D eigenvalue weighted by Gasteiger charge is -2.21. The van der Waals surface area contributed by atoms with E-state index < -0.39 is 10.0 Å². The van der Waals surface area contributed by atoms with Crippen molar-refractivity contribution >= 4 is 15.7 Å². The van der Waals surface area contributed by atoms with Crippen LogP contribution < -0.4 is 4.72 Å². The van der Waals surface area contributed by atoms with Crippen LogP contribution in [0.25, 0.3) is 0 Å². The molecule has 0 heterocycles. The lowest BCUT2D eigenvalue weighted by atomic mass is 9.93. The average molecular weight is 374 g/mol. The second-order valence-electron chi connectivity index (χ2n) is 7.60. The molecule has 1 atom stereocenters. The van der Waals surface area contributed by atoms with E-state index in [0.717, 1.165) is 28.8 Å². The third kappa shape index (κ3) is 4.47. The van der Waals surface area contributed by atoms with Crippen LogP contribution in [0.15, 0.2) is 47.4 Å². The minimum atomic E-state index is -3.62. The Morgan fingerprint density at radius 3 is 1.77 bits per heavy atom. The number of rotatable bonds is 7. The number of nitrogens with one attached hydrogen (secondary N) is 1. The first-order chi connectivity index (χ1) is 12.2. The van der Waals surface area contributed by atoms with Crippen LogP contribution in [0.5, 0.6) is 0 Å². The molecule has 1 unspecified atom stereocenters. The Morgan fingerprint density at radius 2 is 1.35 bits per heavy atom. The van der Waals surface area contributed by atoms with E-state index >= 15 is 0 Å². The van der Waals surface area contributed by atoms with Crippen molar-refractivity contribution in [2.75, 3.05) is 4.72 Å². The molecule has 0 spiro atoms. The molecule has 0 aliphatic carbocycles. The fourth-order valence-electron chi connectivity index (χ4n) is 3.07. The van der Waals surface area contributed by atoms with Crippen LogP contribution in [0.4, 0.5) is 5.69 Å². The molecule has 0 radical (unpaired) electrons. The van der Waals surface area contributed by atoms with Gasteiger partial charge in [0.15, 0.2) is 0 Å². The molecular weight excluding hydrogens is 342 g/mol. The van der Waals surface area contributed by atoms with E-state index in [2.05, 4.69) is 46.3 Å². The van der Waals surface area contributed by atoms with Crippen molar-refractivity contribution in [2.45, 2.75) is 70.6 Å². The zero-order valence-electron chi connectivity index (χ0n) is 16.7. The fourth-order valence-corrected chi connectivity index (χ4v) is 4.19. The van der Waals surface area contributed by atoms with E-state index in [-0.39, 0.29) is 11.8 Å². The van der Waals surface area contributed by atoms with Gasteiger partial charge in [-0.15, -0.1) is 0 Å². The van der Waals surface area contributed by atoms with Crippen molar-refractivity contribution in [1.29, 1.82) is 0 Å².